The van der Waals surface area contributed by atoms with Gasteiger partial charge in [-0.1, -0.05) is 38.3 Å². The Morgan fingerprint density at radius 2 is 1.85 bits per heavy atom. The predicted octanol–water partition coefficient (Wildman–Crippen LogP) is 4.69. The molecule has 0 bridgehead atoms. The van der Waals surface area contributed by atoms with Crippen LogP contribution in [-0.2, 0) is 6.42 Å². The molecule has 0 aromatic heterocycles. The van der Waals surface area contributed by atoms with Crippen LogP contribution in [0.25, 0.3) is 0 Å². The van der Waals surface area contributed by atoms with Crippen LogP contribution in [-0.4, -0.2) is 6.54 Å². The molecule has 0 unspecified atom stereocenters. The van der Waals surface area contributed by atoms with E-state index in [9.17, 15) is 4.39 Å². The maximum atomic E-state index is 13.0. The lowest BCUT2D eigenvalue weighted by atomic mass is 9.67. The lowest BCUT2D eigenvalue weighted by Gasteiger charge is -2.40. The topological polar surface area (TPSA) is 26.0 Å². The molecule has 1 aliphatic carbocycles. The van der Waals surface area contributed by atoms with Gasteiger partial charge in [0.15, 0.2) is 0 Å². The highest BCUT2D eigenvalue weighted by Gasteiger charge is 2.33. The summed E-state index contributed by atoms with van der Waals surface area (Å²) in [6, 6.07) is 6.95. The molecule has 1 saturated carbocycles. The molecule has 0 spiro atoms. The van der Waals surface area contributed by atoms with Crippen LogP contribution in [0.4, 0.5) is 4.39 Å². The molecule has 2 heteroatoms. The first-order chi connectivity index (χ1) is 9.67. The first kappa shape index (κ1) is 15.5. The van der Waals surface area contributed by atoms with Gasteiger partial charge in [-0.15, -0.1) is 0 Å². The minimum absolute atomic E-state index is 0.154. The second-order valence-corrected chi connectivity index (χ2v) is 6.59. The number of rotatable bonds is 6. The summed E-state index contributed by atoms with van der Waals surface area (Å²) in [5.41, 5.74) is 7.56. The summed E-state index contributed by atoms with van der Waals surface area (Å²) >= 11 is 0. The molecule has 20 heavy (non-hydrogen) atoms. The third-order valence-corrected chi connectivity index (χ3v) is 5.06. The highest BCUT2D eigenvalue weighted by molar-refractivity contribution is 5.18. The Hall–Kier alpha value is -0.890. The van der Waals surface area contributed by atoms with Crippen LogP contribution in [0.5, 0.6) is 0 Å². The molecule has 2 rings (SSSR count). The summed E-state index contributed by atoms with van der Waals surface area (Å²) in [6.07, 6.45) is 10.1. The van der Waals surface area contributed by atoms with E-state index >= 15 is 0 Å². The smallest absolute Gasteiger partial charge is 0.123 e. The SMILES string of the molecule is CCCCC1CCC(CN)(Cc2ccc(F)cc2)CC1. The number of hydrogen-bond acceptors (Lipinski definition) is 1. The van der Waals surface area contributed by atoms with Crippen molar-refractivity contribution in [2.75, 3.05) is 6.54 Å². The molecule has 0 amide bonds. The highest BCUT2D eigenvalue weighted by atomic mass is 19.1. The molecule has 1 aromatic carbocycles. The van der Waals surface area contributed by atoms with Crippen LogP contribution in [0.15, 0.2) is 24.3 Å². The van der Waals surface area contributed by atoms with Gasteiger partial charge in [0, 0.05) is 0 Å². The van der Waals surface area contributed by atoms with E-state index in [1.807, 2.05) is 12.1 Å². The molecule has 1 aromatic rings. The minimum atomic E-state index is -0.154. The van der Waals surface area contributed by atoms with E-state index in [1.54, 1.807) is 12.1 Å². The number of hydrogen-bond donors (Lipinski definition) is 1. The number of halogens is 1. The Balaban J connectivity index is 1.92. The van der Waals surface area contributed by atoms with Gasteiger partial charge in [-0.3, -0.25) is 0 Å². The zero-order valence-corrected chi connectivity index (χ0v) is 12.7. The first-order valence-corrected chi connectivity index (χ1v) is 8.12. The summed E-state index contributed by atoms with van der Waals surface area (Å²) in [5, 5.41) is 0. The summed E-state index contributed by atoms with van der Waals surface area (Å²) in [6.45, 7) is 3.02. The van der Waals surface area contributed by atoms with E-state index in [2.05, 4.69) is 6.92 Å². The highest BCUT2D eigenvalue weighted by Crippen LogP contribution is 2.42. The van der Waals surface area contributed by atoms with Gasteiger partial charge in [0.25, 0.3) is 0 Å². The van der Waals surface area contributed by atoms with Gasteiger partial charge < -0.3 is 5.73 Å². The van der Waals surface area contributed by atoms with Crippen molar-refractivity contribution in [2.24, 2.45) is 17.1 Å². The maximum absolute atomic E-state index is 13.0. The van der Waals surface area contributed by atoms with Crippen LogP contribution in [0.1, 0.15) is 57.4 Å². The van der Waals surface area contributed by atoms with Gasteiger partial charge >= 0.3 is 0 Å². The van der Waals surface area contributed by atoms with Crippen LogP contribution < -0.4 is 5.73 Å². The van der Waals surface area contributed by atoms with Gasteiger partial charge in [0.2, 0.25) is 0 Å². The van der Waals surface area contributed by atoms with Crippen LogP contribution in [0.3, 0.4) is 0 Å². The molecule has 0 atom stereocenters. The lowest BCUT2D eigenvalue weighted by Crippen LogP contribution is -2.36. The van der Waals surface area contributed by atoms with Crippen LogP contribution >= 0.6 is 0 Å². The fourth-order valence-corrected chi connectivity index (χ4v) is 3.56. The summed E-state index contributed by atoms with van der Waals surface area (Å²) in [5.74, 6) is 0.752. The monoisotopic (exact) mass is 277 g/mol. The zero-order valence-electron chi connectivity index (χ0n) is 12.7. The average molecular weight is 277 g/mol. The standard InChI is InChI=1S/C18H28FN/c1-2-3-4-15-9-11-18(14-20,12-10-15)13-16-5-7-17(19)8-6-16/h5-8,15H,2-4,9-14,20H2,1H3. The van der Waals surface area contributed by atoms with E-state index in [4.69, 9.17) is 5.73 Å². The fourth-order valence-electron chi connectivity index (χ4n) is 3.56. The number of benzene rings is 1. The molecule has 0 heterocycles. The molecule has 1 fully saturated rings. The fraction of sp³-hybridized carbons (Fsp3) is 0.667. The molecule has 0 radical (unpaired) electrons. The summed E-state index contributed by atoms with van der Waals surface area (Å²) in [4.78, 5) is 0. The molecular formula is C18H28FN. The second kappa shape index (κ2) is 7.21. The largest absolute Gasteiger partial charge is 0.330 e. The van der Waals surface area contributed by atoms with E-state index < -0.39 is 0 Å². The van der Waals surface area contributed by atoms with E-state index in [-0.39, 0.29) is 11.2 Å². The minimum Gasteiger partial charge on any atom is -0.330 e. The first-order valence-electron chi connectivity index (χ1n) is 8.12. The van der Waals surface area contributed by atoms with Gasteiger partial charge in [-0.2, -0.15) is 0 Å². The maximum Gasteiger partial charge on any atom is 0.123 e. The van der Waals surface area contributed by atoms with Gasteiger partial charge in [-0.05, 0) is 67.7 Å². The molecule has 1 nitrogen and oxygen atoms in total. The normalized spacial score (nSPS) is 26.6. The third-order valence-electron chi connectivity index (χ3n) is 5.06. The van der Waals surface area contributed by atoms with Crippen molar-refractivity contribution in [3.05, 3.63) is 35.6 Å². The van der Waals surface area contributed by atoms with Crippen molar-refractivity contribution in [3.63, 3.8) is 0 Å². The second-order valence-electron chi connectivity index (χ2n) is 6.59. The van der Waals surface area contributed by atoms with Gasteiger partial charge in [0.05, 0.1) is 0 Å². The van der Waals surface area contributed by atoms with E-state index in [1.165, 1.54) is 50.5 Å². The van der Waals surface area contributed by atoms with Crippen molar-refractivity contribution in [1.29, 1.82) is 0 Å². The van der Waals surface area contributed by atoms with Crippen molar-refractivity contribution in [3.8, 4) is 0 Å². The molecule has 0 aliphatic heterocycles. The Bertz CT molecular complexity index is 390. The molecule has 0 saturated heterocycles. The van der Waals surface area contributed by atoms with E-state index in [0.29, 0.717) is 0 Å². The molecule has 1 aliphatic rings. The van der Waals surface area contributed by atoms with Crippen molar-refractivity contribution in [2.45, 2.75) is 58.3 Å². The van der Waals surface area contributed by atoms with Crippen molar-refractivity contribution < 1.29 is 4.39 Å². The molecular weight excluding hydrogens is 249 g/mol. The Kier molecular flexibility index (Phi) is 5.59. The number of unbranched alkanes of at least 4 members (excludes halogenated alkanes) is 1. The predicted molar refractivity (Wildman–Crippen MR) is 83.1 cm³/mol. The van der Waals surface area contributed by atoms with Crippen LogP contribution in [0, 0.1) is 17.2 Å². The Morgan fingerprint density at radius 3 is 2.40 bits per heavy atom. The lowest BCUT2D eigenvalue weighted by molar-refractivity contribution is 0.150. The molecule has 112 valence electrons. The Morgan fingerprint density at radius 1 is 1.20 bits per heavy atom. The van der Waals surface area contributed by atoms with Crippen molar-refractivity contribution >= 4 is 0 Å². The Labute approximate surface area is 122 Å². The quantitative estimate of drug-likeness (QED) is 0.801. The van der Waals surface area contributed by atoms with Crippen molar-refractivity contribution in [1.82, 2.24) is 0 Å². The average Bonchev–Trinajstić information content (AvgIpc) is 2.49. The van der Waals surface area contributed by atoms with Crippen LogP contribution in [0.2, 0.25) is 0 Å². The summed E-state index contributed by atoms with van der Waals surface area (Å²) in [7, 11) is 0. The summed E-state index contributed by atoms with van der Waals surface area (Å²) < 4.78 is 13.0. The van der Waals surface area contributed by atoms with E-state index in [0.717, 1.165) is 18.9 Å². The van der Waals surface area contributed by atoms with Gasteiger partial charge in [-0.25, -0.2) is 4.39 Å². The third kappa shape index (κ3) is 4.05. The number of nitrogens with two attached hydrogens (primary N) is 1. The van der Waals surface area contributed by atoms with Gasteiger partial charge in [0.1, 0.15) is 5.82 Å². The zero-order chi connectivity index (χ0) is 14.4. The molecule has 2 N–H and O–H groups in total.